The number of aromatic nitrogens is 4. The number of rotatable bonds is 9. The van der Waals surface area contributed by atoms with E-state index in [0.29, 0.717) is 11.6 Å². The van der Waals surface area contributed by atoms with Gasteiger partial charge in [0.2, 0.25) is 10.0 Å². The van der Waals surface area contributed by atoms with Crippen LogP contribution in [0.4, 0.5) is 29.2 Å². The van der Waals surface area contributed by atoms with Crippen LogP contribution in [0.5, 0.6) is 5.75 Å². The Morgan fingerprint density at radius 3 is 2.51 bits per heavy atom. The van der Waals surface area contributed by atoms with E-state index in [0.717, 1.165) is 22.2 Å². The number of aromatic hydroxyl groups is 1. The van der Waals surface area contributed by atoms with Crippen LogP contribution in [0, 0.1) is 12.7 Å². The highest BCUT2D eigenvalue weighted by molar-refractivity contribution is 7.92. The molecule has 10 nitrogen and oxygen atoms in total. The number of carbonyl (C=O) groups is 1. The number of pyridine rings is 2. The molecular weight excluding hydrogens is 568 g/mol. The summed E-state index contributed by atoms with van der Waals surface area (Å²) in [4.78, 5) is 21.3. The fourth-order valence-electron chi connectivity index (χ4n) is 4.26. The second-order valence-corrected chi connectivity index (χ2v) is 11.5. The summed E-state index contributed by atoms with van der Waals surface area (Å²) in [6, 6.07) is 4.49. The van der Waals surface area contributed by atoms with Gasteiger partial charge in [0, 0.05) is 37.3 Å². The second-order valence-electron chi connectivity index (χ2n) is 9.46. The third-order valence-corrected chi connectivity index (χ3v) is 7.46. The summed E-state index contributed by atoms with van der Waals surface area (Å²) in [5, 5.41) is 19.8. The van der Waals surface area contributed by atoms with Crippen molar-refractivity contribution in [3.63, 3.8) is 0 Å². The lowest BCUT2D eigenvalue weighted by atomic mass is 9.99. The van der Waals surface area contributed by atoms with Gasteiger partial charge in [0.15, 0.2) is 17.3 Å². The van der Waals surface area contributed by atoms with Gasteiger partial charge < -0.3 is 10.4 Å². The van der Waals surface area contributed by atoms with Crippen LogP contribution in [0.15, 0.2) is 30.5 Å². The molecule has 15 heteroatoms. The van der Waals surface area contributed by atoms with E-state index in [1.165, 1.54) is 19.3 Å². The molecule has 0 aliphatic carbocycles. The van der Waals surface area contributed by atoms with Gasteiger partial charge in [0.05, 0.1) is 29.3 Å². The van der Waals surface area contributed by atoms with Crippen molar-refractivity contribution in [3.8, 4) is 17.0 Å². The molecule has 4 rings (SSSR count). The molecule has 0 radical (unpaired) electrons. The molecular formula is C26H26F4N6O4S. The largest absolute Gasteiger partial charge is 0.505 e. The van der Waals surface area contributed by atoms with Crippen LogP contribution in [0.1, 0.15) is 40.5 Å². The van der Waals surface area contributed by atoms with E-state index in [4.69, 9.17) is 0 Å². The van der Waals surface area contributed by atoms with E-state index in [-0.39, 0.29) is 58.2 Å². The summed E-state index contributed by atoms with van der Waals surface area (Å²) in [6.07, 6.45) is -3.52. The SMILES string of the molecule is CCC(=O)c1n[nH]c2cc(-c3cc(F)c(O)cc3CC(F)(F)F)nc(NCc3cc(C)cnc3N(C)S(C)(=O)=O)c12. The number of ketones is 1. The van der Waals surface area contributed by atoms with Gasteiger partial charge in [-0.2, -0.15) is 18.3 Å². The number of halogens is 4. The summed E-state index contributed by atoms with van der Waals surface area (Å²) in [5.74, 6) is -2.27. The van der Waals surface area contributed by atoms with Gasteiger partial charge in [0.1, 0.15) is 17.3 Å². The van der Waals surface area contributed by atoms with Crippen molar-refractivity contribution in [2.75, 3.05) is 22.9 Å². The minimum Gasteiger partial charge on any atom is -0.505 e. The van der Waals surface area contributed by atoms with E-state index >= 15 is 0 Å². The predicted molar refractivity (Wildman–Crippen MR) is 145 cm³/mol. The van der Waals surface area contributed by atoms with Gasteiger partial charge in [-0.25, -0.2) is 22.8 Å². The molecule has 1 aromatic carbocycles. The first-order valence-electron chi connectivity index (χ1n) is 12.2. The average molecular weight is 595 g/mol. The number of phenolic OH excluding ortho intramolecular Hbond substituents is 1. The Balaban J connectivity index is 1.89. The van der Waals surface area contributed by atoms with Crippen LogP contribution in [-0.2, 0) is 23.0 Å². The number of hydrogen-bond donors (Lipinski definition) is 3. The molecule has 0 spiro atoms. The number of benzene rings is 1. The first-order chi connectivity index (χ1) is 19.1. The number of aryl methyl sites for hydroxylation is 1. The third kappa shape index (κ3) is 6.39. The molecule has 0 saturated heterocycles. The molecule has 3 N–H and O–H groups in total. The van der Waals surface area contributed by atoms with Crippen LogP contribution >= 0.6 is 0 Å². The van der Waals surface area contributed by atoms with Crippen molar-refractivity contribution in [2.45, 2.75) is 39.4 Å². The highest BCUT2D eigenvalue weighted by Gasteiger charge is 2.31. The maximum absolute atomic E-state index is 14.4. The lowest BCUT2D eigenvalue weighted by Crippen LogP contribution is -2.27. The van der Waals surface area contributed by atoms with E-state index in [1.807, 2.05) is 0 Å². The number of alkyl halides is 3. The lowest BCUT2D eigenvalue weighted by Gasteiger charge is -2.20. The zero-order valence-corrected chi connectivity index (χ0v) is 23.2. The van der Waals surface area contributed by atoms with E-state index < -0.39 is 39.8 Å². The number of fused-ring (bicyclic) bond motifs is 1. The second kappa shape index (κ2) is 11.0. The monoisotopic (exact) mass is 594 g/mol. The first-order valence-corrected chi connectivity index (χ1v) is 14.1. The number of sulfonamides is 1. The van der Waals surface area contributed by atoms with Crippen LogP contribution < -0.4 is 9.62 Å². The van der Waals surface area contributed by atoms with Gasteiger partial charge in [0.25, 0.3) is 0 Å². The van der Waals surface area contributed by atoms with Crippen molar-refractivity contribution >= 4 is 38.3 Å². The highest BCUT2D eigenvalue weighted by Crippen LogP contribution is 2.36. The molecule has 0 atom stereocenters. The molecule has 41 heavy (non-hydrogen) atoms. The van der Waals surface area contributed by atoms with Crippen LogP contribution in [0.3, 0.4) is 0 Å². The molecule has 3 aromatic heterocycles. The lowest BCUT2D eigenvalue weighted by molar-refractivity contribution is -0.127. The summed E-state index contributed by atoms with van der Waals surface area (Å²) >= 11 is 0. The standard InChI is InChI=1S/C26H26F4N6O4S/c1-5-20(37)23-22-19(34-35-23)9-18(16-8-17(27)21(38)7-14(16)10-26(28,29)30)33-24(22)31-12-15-6-13(2)11-32-25(15)36(3)41(4,39)40/h6-9,11,38H,5,10,12H2,1-4H3,(H,31,33)(H,34,35). The summed E-state index contributed by atoms with van der Waals surface area (Å²) in [5.41, 5.74) is 0.699. The Hall–Kier alpha value is -4.27. The van der Waals surface area contributed by atoms with Gasteiger partial charge in [-0.1, -0.05) is 6.92 Å². The minimum atomic E-state index is -4.67. The Morgan fingerprint density at radius 2 is 1.88 bits per heavy atom. The number of nitrogens with one attached hydrogen (secondary N) is 2. The molecule has 0 fully saturated rings. The zero-order valence-electron chi connectivity index (χ0n) is 22.4. The van der Waals surface area contributed by atoms with Crippen molar-refractivity contribution in [2.24, 2.45) is 0 Å². The Kier molecular flexibility index (Phi) is 7.94. The number of carbonyl (C=O) groups excluding carboxylic acids is 1. The smallest absolute Gasteiger partial charge is 0.393 e. The molecule has 218 valence electrons. The molecule has 0 amide bonds. The Morgan fingerprint density at radius 1 is 1.17 bits per heavy atom. The van der Waals surface area contributed by atoms with Crippen LogP contribution in [-0.4, -0.2) is 59.0 Å². The summed E-state index contributed by atoms with van der Waals surface area (Å²) in [6.45, 7) is 3.33. The topological polar surface area (TPSA) is 141 Å². The number of hydrogen-bond acceptors (Lipinski definition) is 8. The van der Waals surface area contributed by atoms with Gasteiger partial charge in [-0.15, -0.1) is 0 Å². The number of aromatic amines is 1. The van der Waals surface area contributed by atoms with Crippen LogP contribution in [0.2, 0.25) is 0 Å². The fraction of sp³-hybridized carbons (Fsp3) is 0.308. The predicted octanol–water partition coefficient (Wildman–Crippen LogP) is 4.88. The quantitative estimate of drug-likeness (QED) is 0.184. The number of anilines is 2. The Labute approximate surface area is 232 Å². The number of phenols is 1. The van der Waals surface area contributed by atoms with Crippen molar-refractivity contribution in [1.82, 2.24) is 20.2 Å². The molecule has 0 aliphatic heterocycles. The van der Waals surface area contributed by atoms with E-state index in [1.54, 1.807) is 19.9 Å². The van der Waals surface area contributed by atoms with E-state index in [2.05, 4.69) is 25.5 Å². The van der Waals surface area contributed by atoms with Crippen LogP contribution in [0.25, 0.3) is 22.2 Å². The molecule has 0 saturated carbocycles. The number of nitrogens with zero attached hydrogens (tertiary/aromatic N) is 4. The van der Waals surface area contributed by atoms with E-state index in [9.17, 15) is 35.9 Å². The summed E-state index contributed by atoms with van der Waals surface area (Å²) in [7, 11) is -2.33. The third-order valence-electron chi connectivity index (χ3n) is 6.29. The van der Waals surface area contributed by atoms with Crippen molar-refractivity contribution < 1.29 is 35.9 Å². The minimum absolute atomic E-state index is 0.0314. The molecule has 0 unspecified atom stereocenters. The zero-order chi connectivity index (χ0) is 30.3. The van der Waals surface area contributed by atoms with Gasteiger partial charge in [-0.05, 0) is 42.3 Å². The average Bonchev–Trinajstić information content (AvgIpc) is 3.31. The van der Waals surface area contributed by atoms with Crippen molar-refractivity contribution in [1.29, 1.82) is 0 Å². The number of Topliss-reactive ketones (excluding diaryl/α,β-unsaturated/α-hetero) is 1. The maximum atomic E-state index is 14.4. The first kappa shape index (κ1) is 29.7. The fourth-order valence-corrected chi connectivity index (χ4v) is 4.74. The van der Waals surface area contributed by atoms with Gasteiger partial charge in [-0.3, -0.25) is 14.2 Å². The number of H-pyrrole nitrogens is 1. The summed E-state index contributed by atoms with van der Waals surface area (Å²) < 4.78 is 79.8. The highest BCUT2D eigenvalue weighted by atomic mass is 32.2. The molecule has 3 heterocycles. The van der Waals surface area contributed by atoms with Crippen molar-refractivity contribution in [3.05, 3.63) is 58.7 Å². The molecule has 0 aliphatic rings. The normalized spacial score (nSPS) is 12.1. The Bertz CT molecular complexity index is 1760. The maximum Gasteiger partial charge on any atom is 0.393 e. The van der Waals surface area contributed by atoms with Gasteiger partial charge >= 0.3 is 6.18 Å². The molecule has 0 bridgehead atoms. The molecule has 4 aromatic rings.